The Morgan fingerprint density at radius 3 is 2.81 bits per heavy atom. The Labute approximate surface area is 139 Å². The van der Waals surface area contributed by atoms with Crippen molar-refractivity contribution in [2.75, 3.05) is 0 Å². The van der Waals surface area contributed by atoms with Crippen LogP contribution in [0.5, 0.6) is 0 Å². The lowest BCUT2D eigenvalue weighted by molar-refractivity contribution is 0.261. The van der Waals surface area contributed by atoms with Gasteiger partial charge in [-0.3, -0.25) is 0 Å². The molecule has 1 atom stereocenters. The Hall–Kier alpha value is -0.640. The van der Waals surface area contributed by atoms with E-state index in [4.69, 9.17) is 0 Å². The van der Waals surface area contributed by atoms with Crippen molar-refractivity contribution >= 4 is 27.3 Å². The van der Waals surface area contributed by atoms with Crippen LogP contribution in [0.4, 0.5) is 0 Å². The molecule has 1 heterocycles. The van der Waals surface area contributed by atoms with Gasteiger partial charge < -0.3 is 5.32 Å². The van der Waals surface area contributed by atoms with Crippen LogP contribution in [-0.4, -0.2) is 6.04 Å². The first-order chi connectivity index (χ1) is 10.3. The quantitative estimate of drug-likeness (QED) is 0.674. The Bertz CT molecular complexity index is 560. The third-order valence-electron chi connectivity index (χ3n) is 4.36. The van der Waals surface area contributed by atoms with Gasteiger partial charge in [0.2, 0.25) is 0 Å². The van der Waals surface area contributed by atoms with Crippen LogP contribution < -0.4 is 5.32 Å². The fourth-order valence-corrected chi connectivity index (χ4v) is 4.40. The summed E-state index contributed by atoms with van der Waals surface area (Å²) in [5.74, 6) is 0.727. The van der Waals surface area contributed by atoms with Crippen LogP contribution in [-0.2, 0) is 0 Å². The minimum atomic E-state index is 0.545. The maximum atomic E-state index is 3.87. The highest BCUT2D eigenvalue weighted by molar-refractivity contribution is 9.10. The third-order valence-corrected chi connectivity index (χ3v) is 5.84. The molecule has 0 spiro atoms. The second kappa shape index (κ2) is 7.08. The maximum Gasteiger partial charge on any atom is 0.0416 e. The molecule has 2 aromatic rings. The lowest BCUT2D eigenvalue weighted by Gasteiger charge is -2.38. The second-order valence-electron chi connectivity index (χ2n) is 5.94. The topological polar surface area (TPSA) is 12.0 Å². The normalized spacial score (nSPS) is 22.8. The number of nitrogens with one attached hydrogen (secondary N) is 1. The summed E-state index contributed by atoms with van der Waals surface area (Å²) >= 11 is 5.45. The Morgan fingerprint density at radius 1 is 1.29 bits per heavy atom. The summed E-state index contributed by atoms with van der Waals surface area (Å²) < 4.78 is 1.19. The van der Waals surface area contributed by atoms with Gasteiger partial charge in [0.25, 0.3) is 0 Å². The van der Waals surface area contributed by atoms with E-state index >= 15 is 0 Å². The minimum absolute atomic E-state index is 0.545. The lowest BCUT2D eigenvalue weighted by Crippen LogP contribution is -2.41. The zero-order valence-corrected chi connectivity index (χ0v) is 14.8. The van der Waals surface area contributed by atoms with Crippen LogP contribution in [0.3, 0.4) is 0 Å². The van der Waals surface area contributed by atoms with Gasteiger partial charge in [-0.2, -0.15) is 0 Å². The number of hydrogen-bond acceptors (Lipinski definition) is 2. The predicted octanol–water partition coefficient (Wildman–Crippen LogP) is 5.89. The van der Waals surface area contributed by atoms with Crippen LogP contribution in [0.1, 0.15) is 55.0 Å². The van der Waals surface area contributed by atoms with E-state index in [-0.39, 0.29) is 0 Å². The van der Waals surface area contributed by atoms with Gasteiger partial charge in [0, 0.05) is 21.4 Å². The Kier molecular flexibility index (Phi) is 5.15. The van der Waals surface area contributed by atoms with E-state index in [1.165, 1.54) is 40.6 Å². The van der Waals surface area contributed by atoms with Crippen molar-refractivity contribution in [3.8, 4) is 0 Å². The smallest absolute Gasteiger partial charge is 0.0416 e. The van der Waals surface area contributed by atoms with Crippen LogP contribution in [0.2, 0.25) is 0 Å². The predicted molar refractivity (Wildman–Crippen MR) is 95.0 cm³/mol. The summed E-state index contributed by atoms with van der Waals surface area (Å²) in [7, 11) is 0. The zero-order valence-electron chi connectivity index (χ0n) is 12.4. The average Bonchev–Trinajstić information content (AvgIpc) is 2.95. The number of hydrogen-bond donors (Lipinski definition) is 1. The van der Waals surface area contributed by atoms with E-state index in [1.54, 1.807) is 0 Å². The van der Waals surface area contributed by atoms with Gasteiger partial charge in [0.1, 0.15) is 0 Å². The van der Waals surface area contributed by atoms with E-state index in [1.807, 2.05) is 11.3 Å². The number of rotatable bonds is 6. The molecule has 1 aliphatic rings. The van der Waals surface area contributed by atoms with E-state index in [0.29, 0.717) is 12.1 Å². The summed E-state index contributed by atoms with van der Waals surface area (Å²) in [6.07, 6.45) is 5.00. The van der Waals surface area contributed by atoms with Gasteiger partial charge >= 0.3 is 0 Å². The monoisotopic (exact) mass is 363 g/mol. The second-order valence-corrected chi connectivity index (χ2v) is 7.84. The molecule has 3 heteroatoms. The van der Waals surface area contributed by atoms with Crippen molar-refractivity contribution in [2.45, 2.75) is 50.6 Å². The van der Waals surface area contributed by atoms with Crippen molar-refractivity contribution in [1.29, 1.82) is 0 Å². The lowest BCUT2D eigenvalue weighted by atomic mass is 9.75. The molecule has 0 aliphatic heterocycles. The van der Waals surface area contributed by atoms with E-state index in [9.17, 15) is 0 Å². The van der Waals surface area contributed by atoms with Gasteiger partial charge in [-0.15, -0.1) is 11.3 Å². The molecule has 1 saturated carbocycles. The van der Waals surface area contributed by atoms with Crippen LogP contribution in [0.15, 0.2) is 46.3 Å². The molecule has 1 aliphatic carbocycles. The Morgan fingerprint density at radius 2 is 2.14 bits per heavy atom. The summed E-state index contributed by atoms with van der Waals surface area (Å²) in [6.45, 7) is 2.27. The third kappa shape index (κ3) is 3.77. The van der Waals surface area contributed by atoms with Crippen molar-refractivity contribution in [2.24, 2.45) is 0 Å². The van der Waals surface area contributed by atoms with Gasteiger partial charge in [-0.25, -0.2) is 0 Å². The highest BCUT2D eigenvalue weighted by atomic mass is 79.9. The molecule has 21 heavy (non-hydrogen) atoms. The molecule has 0 radical (unpaired) electrons. The first-order valence-electron chi connectivity index (χ1n) is 7.81. The number of halogens is 1. The van der Waals surface area contributed by atoms with E-state index in [2.05, 4.69) is 69.9 Å². The van der Waals surface area contributed by atoms with E-state index < -0.39 is 0 Å². The van der Waals surface area contributed by atoms with E-state index in [0.717, 1.165) is 5.92 Å². The van der Waals surface area contributed by atoms with Gasteiger partial charge in [-0.1, -0.05) is 47.5 Å². The Balaban J connectivity index is 1.56. The zero-order chi connectivity index (χ0) is 14.7. The molecule has 1 aromatic carbocycles. The molecular formula is C18H22BrNS. The van der Waals surface area contributed by atoms with Crippen LogP contribution in [0.25, 0.3) is 0 Å². The molecule has 1 N–H and O–H groups in total. The molecule has 0 bridgehead atoms. The number of benzene rings is 1. The minimum Gasteiger partial charge on any atom is -0.306 e. The van der Waals surface area contributed by atoms with Gasteiger partial charge in [0.05, 0.1) is 0 Å². The summed E-state index contributed by atoms with van der Waals surface area (Å²) in [5.41, 5.74) is 1.48. The molecule has 1 fully saturated rings. The summed E-state index contributed by atoms with van der Waals surface area (Å²) in [6, 6.07) is 14.4. The van der Waals surface area contributed by atoms with Crippen molar-refractivity contribution in [3.63, 3.8) is 0 Å². The van der Waals surface area contributed by atoms with Crippen molar-refractivity contribution < 1.29 is 0 Å². The van der Waals surface area contributed by atoms with Gasteiger partial charge in [-0.05, 0) is 54.3 Å². The molecule has 1 nitrogen and oxygen atoms in total. The van der Waals surface area contributed by atoms with Crippen molar-refractivity contribution in [1.82, 2.24) is 5.32 Å². The first kappa shape index (κ1) is 15.3. The summed E-state index contributed by atoms with van der Waals surface area (Å²) in [5, 5.41) is 6.06. The maximum absolute atomic E-state index is 3.87. The summed E-state index contributed by atoms with van der Waals surface area (Å²) in [4.78, 5) is 1.49. The molecule has 1 unspecified atom stereocenters. The molecule has 1 aromatic heterocycles. The highest BCUT2D eigenvalue weighted by Gasteiger charge is 2.31. The fourth-order valence-electron chi connectivity index (χ4n) is 3.16. The van der Waals surface area contributed by atoms with Gasteiger partial charge in [0.15, 0.2) is 0 Å². The fraction of sp³-hybridized carbons (Fsp3) is 0.444. The number of thiophene rings is 1. The molecular weight excluding hydrogens is 342 g/mol. The molecule has 112 valence electrons. The SMILES string of the molecule is CCCC(NC1CC(c2cccc(Br)c2)C1)c1cccs1. The van der Waals surface area contributed by atoms with Crippen LogP contribution >= 0.6 is 27.3 Å². The highest BCUT2D eigenvalue weighted by Crippen LogP contribution is 2.39. The first-order valence-corrected chi connectivity index (χ1v) is 9.48. The average molecular weight is 364 g/mol. The molecule has 0 amide bonds. The van der Waals surface area contributed by atoms with Crippen LogP contribution in [0, 0.1) is 0 Å². The van der Waals surface area contributed by atoms with Crippen molar-refractivity contribution in [3.05, 3.63) is 56.7 Å². The largest absolute Gasteiger partial charge is 0.306 e. The molecule has 3 rings (SSSR count). The standard InChI is InChI=1S/C18H22BrNS/c1-2-5-17(18-8-4-9-21-18)20-16-11-14(12-16)13-6-3-7-15(19)10-13/h3-4,6-10,14,16-17,20H,2,5,11-12H2,1H3. The molecule has 0 saturated heterocycles.